The first-order chi connectivity index (χ1) is 6.76. The highest BCUT2D eigenvalue weighted by Crippen LogP contribution is 2.21. The van der Waals surface area contributed by atoms with Crippen LogP contribution in [0.25, 0.3) is 11.0 Å². The van der Waals surface area contributed by atoms with E-state index in [0.29, 0.717) is 5.75 Å². The molecule has 1 aromatic heterocycles. The van der Waals surface area contributed by atoms with Crippen LogP contribution in [0.4, 0.5) is 0 Å². The third kappa shape index (κ3) is 1.57. The minimum atomic E-state index is 0.681. The standard InChI is InChI=1S/C10H11BrN2S/c1-2-13-9-4-3-7(11)5-8(9)12-10(13)6-14/h3-5,14H,2,6H2,1H3. The predicted octanol–water partition coefficient (Wildman–Crippen LogP) is 3.25. The second-order valence-electron chi connectivity index (χ2n) is 3.06. The Hall–Kier alpha value is -0.480. The number of hydrogen-bond donors (Lipinski definition) is 1. The van der Waals surface area contributed by atoms with E-state index in [1.165, 1.54) is 5.52 Å². The minimum Gasteiger partial charge on any atom is -0.328 e. The summed E-state index contributed by atoms with van der Waals surface area (Å²) in [6, 6.07) is 6.16. The highest BCUT2D eigenvalue weighted by Gasteiger charge is 2.07. The molecule has 0 saturated carbocycles. The van der Waals surface area contributed by atoms with Gasteiger partial charge >= 0.3 is 0 Å². The smallest absolute Gasteiger partial charge is 0.119 e. The summed E-state index contributed by atoms with van der Waals surface area (Å²) < 4.78 is 3.26. The Morgan fingerprint density at radius 2 is 2.29 bits per heavy atom. The number of benzene rings is 1. The van der Waals surface area contributed by atoms with Gasteiger partial charge in [0.05, 0.1) is 11.0 Å². The molecule has 2 rings (SSSR count). The Bertz CT molecular complexity index is 464. The first-order valence-corrected chi connectivity index (χ1v) is 5.94. The van der Waals surface area contributed by atoms with Crippen molar-refractivity contribution in [3.8, 4) is 0 Å². The number of aromatic nitrogens is 2. The summed E-state index contributed by atoms with van der Waals surface area (Å²) in [6.45, 7) is 3.06. The molecule has 4 heteroatoms. The number of halogens is 1. The Labute approximate surface area is 96.9 Å². The van der Waals surface area contributed by atoms with Gasteiger partial charge in [-0.15, -0.1) is 0 Å². The van der Waals surface area contributed by atoms with Crippen molar-refractivity contribution in [1.29, 1.82) is 0 Å². The molecule has 0 aliphatic rings. The monoisotopic (exact) mass is 270 g/mol. The fourth-order valence-corrected chi connectivity index (χ4v) is 2.22. The maximum Gasteiger partial charge on any atom is 0.119 e. The van der Waals surface area contributed by atoms with Crippen molar-refractivity contribution in [2.75, 3.05) is 0 Å². The fraction of sp³-hybridized carbons (Fsp3) is 0.300. The van der Waals surface area contributed by atoms with E-state index in [1.54, 1.807) is 0 Å². The van der Waals surface area contributed by atoms with Crippen LogP contribution in [0.1, 0.15) is 12.7 Å². The van der Waals surface area contributed by atoms with Crippen LogP contribution in [0.5, 0.6) is 0 Å². The van der Waals surface area contributed by atoms with Gasteiger partial charge in [-0.25, -0.2) is 4.98 Å². The van der Waals surface area contributed by atoms with Crippen LogP contribution in [-0.2, 0) is 12.3 Å². The van der Waals surface area contributed by atoms with Crippen LogP contribution in [0.3, 0.4) is 0 Å². The maximum absolute atomic E-state index is 4.52. The van der Waals surface area contributed by atoms with Crippen molar-refractivity contribution in [3.63, 3.8) is 0 Å². The fourth-order valence-electron chi connectivity index (χ4n) is 1.63. The molecule has 0 saturated heterocycles. The molecule has 2 nitrogen and oxygen atoms in total. The average Bonchev–Trinajstić information content (AvgIpc) is 2.54. The Morgan fingerprint density at radius 3 is 2.93 bits per heavy atom. The molecule has 0 aliphatic carbocycles. The topological polar surface area (TPSA) is 17.8 Å². The first-order valence-electron chi connectivity index (χ1n) is 4.51. The minimum absolute atomic E-state index is 0.681. The van der Waals surface area contributed by atoms with Gasteiger partial charge in [-0.3, -0.25) is 0 Å². The summed E-state index contributed by atoms with van der Waals surface area (Å²) in [4.78, 5) is 4.52. The second-order valence-corrected chi connectivity index (χ2v) is 4.30. The lowest BCUT2D eigenvalue weighted by Gasteiger charge is -2.02. The molecule has 0 unspecified atom stereocenters. The summed E-state index contributed by atoms with van der Waals surface area (Å²) in [6.07, 6.45) is 0. The summed E-state index contributed by atoms with van der Waals surface area (Å²) in [5.41, 5.74) is 2.21. The number of aryl methyl sites for hydroxylation is 1. The molecule has 14 heavy (non-hydrogen) atoms. The van der Waals surface area contributed by atoms with E-state index in [1.807, 2.05) is 12.1 Å². The van der Waals surface area contributed by atoms with E-state index in [4.69, 9.17) is 0 Å². The van der Waals surface area contributed by atoms with Gasteiger partial charge in [-0.05, 0) is 25.1 Å². The molecule has 0 bridgehead atoms. The molecule has 1 aromatic carbocycles. The van der Waals surface area contributed by atoms with Gasteiger partial charge in [-0.1, -0.05) is 15.9 Å². The van der Waals surface area contributed by atoms with E-state index in [9.17, 15) is 0 Å². The SMILES string of the molecule is CCn1c(CS)nc2cc(Br)ccc21. The third-order valence-corrected chi connectivity index (χ3v) is 3.02. The van der Waals surface area contributed by atoms with E-state index < -0.39 is 0 Å². The largest absolute Gasteiger partial charge is 0.328 e. The van der Waals surface area contributed by atoms with E-state index in [2.05, 4.69) is 51.1 Å². The van der Waals surface area contributed by atoms with E-state index >= 15 is 0 Å². The molecule has 0 fully saturated rings. The summed E-state index contributed by atoms with van der Waals surface area (Å²) in [5.74, 6) is 1.71. The zero-order chi connectivity index (χ0) is 10.1. The van der Waals surface area contributed by atoms with Gasteiger partial charge in [0.25, 0.3) is 0 Å². The molecule has 0 N–H and O–H groups in total. The number of hydrogen-bond acceptors (Lipinski definition) is 2. The number of nitrogens with zero attached hydrogens (tertiary/aromatic N) is 2. The molecule has 0 radical (unpaired) electrons. The van der Waals surface area contributed by atoms with Crippen LogP contribution in [-0.4, -0.2) is 9.55 Å². The summed E-state index contributed by atoms with van der Waals surface area (Å²) >= 11 is 7.72. The van der Waals surface area contributed by atoms with Gasteiger partial charge in [0.1, 0.15) is 5.82 Å². The van der Waals surface area contributed by atoms with Gasteiger partial charge < -0.3 is 4.57 Å². The molecule has 1 heterocycles. The lowest BCUT2D eigenvalue weighted by atomic mass is 10.3. The van der Waals surface area contributed by atoms with E-state index in [0.717, 1.165) is 22.4 Å². The number of rotatable bonds is 2. The van der Waals surface area contributed by atoms with Gasteiger partial charge in [0.15, 0.2) is 0 Å². The van der Waals surface area contributed by atoms with Gasteiger partial charge in [0, 0.05) is 16.8 Å². The van der Waals surface area contributed by atoms with Gasteiger partial charge in [0.2, 0.25) is 0 Å². The van der Waals surface area contributed by atoms with E-state index in [-0.39, 0.29) is 0 Å². The number of imidazole rings is 1. The van der Waals surface area contributed by atoms with Crippen molar-refractivity contribution >= 4 is 39.6 Å². The molecular weight excluding hydrogens is 260 g/mol. The lowest BCUT2D eigenvalue weighted by Crippen LogP contribution is -1.98. The average molecular weight is 271 g/mol. The van der Waals surface area contributed by atoms with Gasteiger partial charge in [-0.2, -0.15) is 12.6 Å². The Kier molecular flexibility index (Phi) is 2.83. The summed E-state index contributed by atoms with van der Waals surface area (Å²) in [7, 11) is 0. The molecule has 2 aromatic rings. The number of fused-ring (bicyclic) bond motifs is 1. The molecule has 0 aliphatic heterocycles. The van der Waals surface area contributed by atoms with Crippen molar-refractivity contribution in [2.45, 2.75) is 19.2 Å². The normalized spacial score (nSPS) is 11.1. The van der Waals surface area contributed by atoms with Crippen LogP contribution in [0.15, 0.2) is 22.7 Å². The zero-order valence-corrected chi connectivity index (χ0v) is 10.3. The maximum atomic E-state index is 4.52. The Morgan fingerprint density at radius 1 is 1.50 bits per heavy atom. The second kappa shape index (κ2) is 3.95. The molecule has 0 atom stereocenters. The molecule has 0 amide bonds. The van der Waals surface area contributed by atoms with Crippen LogP contribution >= 0.6 is 28.6 Å². The van der Waals surface area contributed by atoms with Crippen molar-refractivity contribution in [1.82, 2.24) is 9.55 Å². The molecule has 74 valence electrons. The highest BCUT2D eigenvalue weighted by molar-refractivity contribution is 9.10. The van der Waals surface area contributed by atoms with Crippen LogP contribution < -0.4 is 0 Å². The van der Waals surface area contributed by atoms with Crippen molar-refractivity contribution < 1.29 is 0 Å². The molecule has 0 spiro atoms. The third-order valence-electron chi connectivity index (χ3n) is 2.25. The Balaban J connectivity index is 2.73. The van der Waals surface area contributed by atoms with Crippen LogP contribution in [0, 0.1) is 0 Å². The zero-order valence-electron chi connectivity index (χ0n) is 7.87. The van der Waals surface area contributed by atoms with Crippen molar-refractivity contribution in [3.05, 3.63) is 28.5 Å². The first kappa shape index (κ1) is 10.1. The van der Waals surface area contributed by atoms with Crippen LogP contribution in [0.2, 0.25) is 0 Å². The van der Waals surface area contributed by atoms with Crippen molar-refractivity contribution in [2.24, 2.45) is 0 Å². The number of thiol groups is 1. The lowest BCUT2D eigenvalue weighted by molar-refractivity contribution is 0.749. The highest BCUT2D eigenvalue weighted by atomic mass is 79.9. The quantitative estimate of drug-likeness (QED) is 0.830. The summed E-state index contributed by atoms with van der Waals surface area (Å²) in [5, 5.41) is 0. The predicted molar refractivity (Wildman–Crippen MR) is 65.8 cm³/mol. The molecular formula is C10H11BrN2S.